The second kappa shape index (κ2) is 5.94. The van der Waals surface area contributed by atoms with Crippen molar-refractivity contribution < 1.29 is 9.31 Å². The first-order valence-corrected chi connectivity index (χ1v) is 7.02. The molecule has 0 spiro atoms. The van der Waals surface area contributed by atoms with Crippen LogP contribution >= 0.6 is 23.2 Å². The van der Waals surface area contributed by atoms with Gasteiger partial charge >= 0.3 is 5.69 Å². The summed E-state index contributed by atoms with van der Waals surface area (Å²) in [6.45, 7) is 0. The Morgan fingerprint density at radius 3 is 2.61 bits per heavy atom. The number of aromatic nitrogens is 2. The van der Waals surface area contributed by atoms with Crippen LogP contribution < -0.4 is 5.32 Å². The zero-order valence-corrected chi connectivity index (χ0v) is 12.8. The van der Waals surface area contributed by atoms with E-state index in [2.05, 4.69) is 15.3 Å². The standard InChI is InChI=1S/C14H7Cl2FN4O2/c15-9-2-1-7(3-10(9)16)20-14-8-4-13(21(22)23)11(17)5-12(8)18-6-19-14/h1-6H,(H,18,19,20). The minimum Gasteiger partial charge on any atom is -0.340 e. The van der Waals surface area contributed by atoms with Crippen molar-refractivity contribution in [2.24, 2.45) is 0 Å². The summed E-state index contributed by atoms with van der Waals surface area (Å²) in [5.41, 5.74) is 0.168. The molecule has 9 heteroatoms. The molecule has 0 aliphatic rings. The van der Waals surface area contributed by atoms with Gasteiger partial charge in [-0.2, -0.15) is 4.39 Å². The van der Waals surface area contributed by atoms with Gasteiger partial charge in [0.1, 0.15) is 12.1 Å². The molecule has 3 rings (SSSR count). The first kappa shape index (κ1) is 15.4. The predicted octanol–water partition coefficient (Wildman–Crippen LogP) is 4.73. The van der Waals surface area contributed by atoms with Crippen molar-refractivity contribution in [2.45, 2.75) is 0 Å². The Hall–Kier alpha value is -2.51. The summed E-state index contributed by atoms with van der Waals surface area (Å²) in [6, 6.07) is 6.92. The van der Waals surface area contributed by atoms with Crippen LogP contribution in [0.5, 0.6) is 0 Å². The third kappa shape index (κ3) is 3.01. The van der Waals surface area contributed by atoms with E-state index in [-0.39, 0.29) is 11.3 Å². The number of nitro benzene ring substituents is 1. The summed E-state index contributed by atoms with van der Waals surface area (Å²) in [5.74, 6) is -0.668. The van der Waals surface area contributed by atoms with Crippen LogP contribution in [-0.4, -0.2) is 14.9 Å². The lowest BCUT2D eigenvalue weighted by Gasteiger charge is -2.09. The lowest BCUT2D eigenvalue weighted by atomic mass is 10.2. The number of halogens is 3. The second-order valence-corrected chi connectivity index (χ2v) is 5.37. The Kier molecular flexibility index (Phi) is 3.97. The van der Waals surface area contributed by atoms with Gasteiger partial charge in [0.2, 0.25) is 5.82 Å². The molecule has 23 heavy (non-hydrogen) atoms. The van der Waals surface area contributed by atoms with E-state index in [1.54, 1.807) is 18.2 Å². The van der Waals surface area contributed by atoms with Crippen LogP contribution in [-0.2, 0) is 0 Å². The van der Waals surface area contributed by atoms with Gasteiger partial charge in [0, 0.05) is 17.8 Å². The highest BCUT2D eigenvalue weighted by atomic mass is 35.5. The van der Waals surface area contributed by atoms with Crippen molar-refractivity contribution in [1.82, 2.24) is 9.97 Å². The number of anilines is 2. The number of nitro groups is 1. The summed E-state index contributed by atoms with van der Waals surface area (Å²) < 4.78 is 13.7. The number of benzene rings is 2. The predicted molar refractivity (Wildman–Crippen MR) is 85.9 cm³/mol. The van der Waals surface area contributed by atoms with Crippen molar-refractivity contribution >= 4 is 51.3 Å². The normalized spacial score (nSPS) is 10.7. The first-order chi connectivity index (χ1) is 11.0. The zero-order valence-electron chi connectivity index (χ0n) is 11.3. The van der Waals surface area contributed by atoms with Gasteiger partial charge in [0.25, 0.3) is 0 Å². The minimum atomic E-state index is -0.957. The maximum atomic E-state index is 13.7. The van der Waals surface area contributed by atoms with Crippen LogP contribution in [0.3, 0.4) is 0 Å². The fourth-order valence-electron chi connectivity index (χ4n) is 2.02. The third-order valence-corrected chi connectivity index (χ3v) is 3.82. The Bertz CT molecular complexity index is 936. The average Bonchev–Trinajstić information content (AvgIpc) is 2.50. The smallest absolute Gasteiger partial charge is 0.305 e. The lowest BCUT2D eigenvalue weighted by molar-refractivity contribution is -0.387. The van der Waals surface area contributed by atoms with Gasteiger partial charge < -0.3 is 5.32 Å². The summed E-state index contributed by atoms with van der Waals surface area (Å²) in [7, 11) is 0. The van der Waals surface area contributed by atoms with Crippen LogP contribution in [0.2, 0.25) is 10.0 Å². The summed E-state index contributed by atoms with van der Waals surface area (Å²) in [6.07, 6.45) is 1.23. The molecule has 0 fully saturated rings. The molecule has 0 radical (unpaired) electrons. The van der Waals surface area contributed by atoms with Gasteiger partial charge in [-0.05, 0) is 18.2 Å². The van der Waals surface area contributed by atoms with Gasteiger partial charge in [0.05, 0.1) is 25.9 Å². The first-order valence-electron chi connectivity index (χ1n) is 6.26. The summed E-state index contributed by atoms with van der Waals surface area (Å²) >= 11 is 11.8. The summed E-state index contributed by atoms with van der Waals surface area (Å²) in [5, 5.41) is 14.9. The SMILES string of the molecule is O=[N+]([O-])c1cc2c(Nc3ccc(Cl)c(Cl)c3)ncnc2cc1F. The van der Waals surface area contributed by atoms with Gasteiger partial charge in [-0.1, -0.05) is 23.2 Å². The maximum Gasteiger partial charge on any atom is 0.305 e. The molecule has 1 N–H and O–H groups in total. The topological polar surface area (TPSA) is 81.0 Å². The fraction of sp³-hybridized carbons (Fsp3) is 0. The van der Waals surface area contributed by atoms with Gasteiger partial charge in [-0.25, -0.2) is 9.97 Å². The molecule has 0 saturated heterocycles. The molecule has 1 heterocycles. The highest BCUT2D eigenvalue weighted by Crippen LogP contribution is 2.31. The highest BCUT2D eigenvalue weighted by molar-refractivity contribution is 6.42. The van der Waals surface area contributed by atoms with E-state index in [1.165, 1.54) is 6.33 Å². The van der Waals surface area contributed by atoms with E-state index in [0.29, 0.717) is 21.1 Å². The van der Waals surface area contributed by atoms with Crippen LogP contribution in [0.4, 0.5) is 21.6 Å². The number of hydrogen-bond acceptors (Lipinski definition) is 5. The molecule has 0 bridgehead atoms. The molecule has 0 saturated carbocycles. The van der Waals surface area contributed by atoms with Crippen molar-refractivity contribution in [3.05, 3.63) is 62.6 Å². The van der Waals surface area contributed by atoms with Crippen molar-refractivity contribution in [3.63, 3.8) is 0 Å². The van der Waals surface area contributed by atoms with Crippen LogP contribution in [0, 0.1) is 15.9 Å². The van der Waals surface area contributed by atoms with Crippen molar-refractivity contribution in [1.29, 1.82) is 0 Å². The lowest BCUT2D eigenvalue weighted by Crippen LogP contribution is -1.99. The van der Waals surface area contributed by atoms with E-state index < -0.39 is 16.4 Å². The van der Waals surface area contributed by atoms with Gasteiger partial charge in [0.15, 0.2) is 0 Å². The van der Waals surface area contributed by atoms with Crippen LogP contribution in [0.25, 0.3) is 10.9 Å². The van der Waals surface area contributed by atoms with E-state index >= 15 is 0 Å². The van der Waals surface area contributed by atoms with E-state index in [9.17, 15) is 14.5 Å². The zero-order chi connectivity index (χ0) is 16.6. The quantitative estimate of drug-likeness (QED) is 0.544. The molecular formula is C14H7Cl2FN4O2. The van der Waals surface area contributed by atoms with E-state index in [0.717, 1.165) is 12.1 Å². The van der Waals surface area contributed by atoms with Crippen molar-refractivity contribution in [3.8, 4) is 0 Å². The molecule has 0 aliphatic carbocycles. The Labute approximate surface area is 139 Å². The van der Waals surface area contributed by atoms with E-state index in [4.69, 9.17) is 23.2 Å². The molecule has 0 atom stereocenters. The molecule has 1 aromatic heterocycles. The fourth-order valence-corrected chi connectivity index (χ4v) is 2.31. The Morgan fingerprint density at radius 1 is 1.13 bits per heavy atom. The number of hydrogen-bond donors (Lipinski definition) is 1. The number of rotatable bonds is 3. The average molecular weight is 353 g/mol. The molecule has 0 aliphatic heterocycles. The van der Waals surface area contributed by atoms with Gasteiger partial charge in [-0.3, -0.25) is 10.1 Å². The Morgan fingerprint density at radius 2 is 1.91 bits per heavy atom. The number of fused-ring (bicyclic) bond motifs is 1. The second-order valence-electron chi connectivity index (χ2n) is 4.55. The highest BCUT2D eigenvalue weighted by Gasteiger charge is 2.17. The number of nitrogens with one attached hydrogen (secondary N) is 1. The van der Waals surface area contributed by atoms with Crippen LogP contribution in [0.15, 0.2) is 36.7 Å². The number of nitrogens with zero attached hydrogens (tertiary/aromatic N) is 3. The van der Waals surface area contributed by atoms with E-state index in [1.807, 2.05) is 0 Å². The maximum absolute atomic E-state index is 13.7. The van der Waals surface area contributed by atoms with Gasteiger partial charge in [-0.15, -0.1) is 0 Å². The Balaban J connectivity index is 2.11. The van der Waals surface area contributed by atoms with Crippen molar-refractivity contribution in [2.75, 3.05) is 5.32 Å². The molecule has 0 amide bonds. The molecule has 2 aromatic carbocycles. The molecule has 116 valence electrons. The molecule has 3 aromatic rings. The summed E-state index contributed by atoms with van der Waals surface area (Å²) in [4.78, 5) is 18.0. The van der Waals surface area contributed by atoms with Crippen LogP contribution in [0.1, 0.15) is 0 Å². The molecule has 0 unspecified atom stereocenters. The monoisotopic (exact) mass is 352 g/mol. The molecule has 6 nitrogen and oxygen atoms in total. The minimum absolute atomic E-state index is 0.241. The third-order valence-electron chi connectivity index (χ3n) is 3.08. The largest absolute Gasteiger partial charge is 0.340 e. The molecular weight excluding hydrogens is 346 g/mol.